The van der Waals surface area contributed by atoms with Crippen molar-refractivity contribution in [3.05, 3.63) is 0 Å². The van der Waals surface area contributed by atoms with Gasteiger partial charge in [0.2, 0.25) is 0 Å². The van der Waals surface area contributed by atoms with Crippen molar-refractivity contribution in [2.75, 3.05) is 0 Å². The molecule has 4 rings (SSSR count). The van der Waals surface area contributed by atoms with E-state index in [1.54, 1.807) is 19.3 Å². The molecular weight excluding hydrogens is 228 g/mol. The molecule has 0 amide bonds. The van der Waals surface area contributed by atoms with Gasteiger partial charge in [-0.05, 0) is 84.4 Å². The lowest BCUT2D eigenvalue weighted by Crippen LogP contribution is -2.45. The first kappa shape index (κ1) is 12.7. The Labute approximate surface area is 119 Å². The van der Waals surface area contributed by atoms with E-state index in [2.05, 4.69) is 34.6 Å². The van der Waals surface area contributed by atoms with Gasteiger partial charge in [-0.15, -0.1) is 0 Å². The maximum absolute atomic E-state index is 2.67. The summed E-state index contributed by atoms with van der Waals surface area (Å²) in [7, 11) is 0. The average molecular weight is 260 g/mol. The molecule has 0 spiro atoms. The Morgan fingerprint density at radius 3 is 2.26 bits per heavy atom. The van der Waals surface area contributed by atoms with Gasteiger partial charge >= 0.3 is 0 Å². The molecule has 0 radical (unpaired) electrons. The van der Waals surface area contributed by atoms with E-state index >= 15 is 0 Å². The van der Waals surface area contributed by atoms with Crippen LogP contribution >= 0.6 is 0 Å². The molecule has 0 heterocycles. The minimum atomic E-state index is 0.705. The molecule has 0 heteroatoms. The second kappa shape index (κ2) is 3.60. The van der Waals surface area contributed by atoms with E-state index in [4.69, 9.17) is 0 Å². The Bertz CT molecular complexity index is 397. The summed E-state index contributed by atoms with van der Waals surface area (Å²) in [5, 5.41) is 0. The van der Waals surface area contributed by atoms with Gasteiger partial charge in [0.25, 0.3) is 0 Å². The molecule has 8 atom stereocenters. The van der Waals surface area contributed by atoms with Crippen LogP contribution in [0.2, 0.25) is 0 Å². The molecule has 0 aromatic carbocycles. The van der Waals surface area contributed by atoms with Crippen LogP contribution in [0.1, 0.15) is 66.7 Å². The highest BCUT2D eigenvalue weighted by Gasteiger charge is 2.69. The standard InChI is InChI=1S/C19H32/c1-11(2)14-6-7-15-13-8-16-12(3)9-18(16,4)17(13)10-19(14,15)5/h11-17H,6-10H2,1-5H3. The van der Waals surface area contributed by atoms with Gasteiger partial charge in [-0.1, -0.05) is 34.6 Å². The Balaban J connectivity index is 1.65. The third kappa shape index (κ3) is 1.32. The van der Waals surface area contributed by atoms with Crippen molar-refractivity contribution in [2.45, 2.75) is 66.7 Å². The van der Waals surface area contributed by atoms with Gasteiger partial charge in [-0.3, -0.25) is 0 Å². The van der Waals surface area contributed by atoms with Crippen LogP contribution < -0.4 is 0 Å². The summed E-state index contributed by atoms with van der Waals surface area (Å²) >= 11 is 0. The van der Waals surface area contributed by atoms with Crippen LogP contribution in [0, 0.1) is 52.3 Å². The smallest absolute Gasteiger partial charge is 0.0261 e. The molecule has 4 aliphatic carbocycles. The fourth-order valence-electron chi connectivity index (χ4n) is 8.05. The molecular formula is C19H32. The predicted molar refractivity (Wildman–Crippen MR) is 80.8 cm³/mol. The SMILES string of the molecule is CC(C)C1CCC2C3CC4C(C)CC4(C)C3CC12C. The van der Waals surface area contributed by atoms with E-state index < -0.39 is 0 Å². The first-order valence-electron chi connectivity index (χ1n) is 8.88. The minimum absolute atomic E-state index is 0.705. The van der Waals surface area contributed by atoms with E-state index in [1.165, 1.54) is 12.8 Å². The highest BCUT2D eigenvalue weighted by atomic mass is 14.7. The topological polar surface area (TPSA) is 0 Å². The summed E-state index contributed by atoms with van der Waals surface area (Å²) in [6.45, 7) is 12.8. The fraction of sp³-hybridized carbons (Fsp3) is 1.00. The highest BCUT2D eigenvalue weighted by Crippen LogP contribution is 2.76. The van der Waals surface area contributed by atoms with Crippen molar-refractivity contribution in [3.63, 3.8) is 0 Å². The van der Waals surface area contributed by atoms with Crippen molar-refractivity contribution >= 4 is 0 Å². The third-order valence-electron chi connectivity index (χ3n) is 8.65. The third-order valence-corrected chi connectivity index (χ3v) is 8.65. The first-order valence-corrected chi connectivity index (χ1v) is 8.88. The van der Waals surface area contributed by atoms with Crippen molar-refractivity contribution in [2.24, 2.45) is 52.3 Å². The molecule has 0 saturated heterocycles. The molecule has 0 N–H and O–H groups in total. The molecule has 8 unspecified atom stereocenters. The van der Waals surface area contributed by atoms with E-state index in [1.807, 2.05) is 0 Å². The lowest BCUT2D eigenvalue weighted by atomic mass is 9.53. The monoisotopic (exact) mass is 260 g/mol. The average Bonchev–Trinajstić information content (AvgIpc) is 2.84. The maximum atomic E-state index is 2.67. The fourth-order valence-corrected chi connectivity index (χ4v) is 8.05. The van der Waals surface area contributed by atoms with Crippen LogP contribution in [0.3, 0.4) is 0 Å². The maximum Gasteiger partial charge on any atom is -0.0261 e. The molecule has 0 bridgehead atoms. The molecule has 4 saturated carbocycles. The Kier molecular flexibility index (Phi) is 2.41. The van der Waals surface area contributed by atoms with Gasteiger partial charge < -0.3 is 0 Å². The zero-order valence-corrected chi connectivity index (χ0v) is 13.6. The number of hydrogen-bond acceptors (Lipinski definition) is 0. The number of rotatable bonds is 1. The van der Waals surface area contributed by atoms with Crippen molar-refractivity contribution in [1.29, 1.82) is 0 Å². The van der Waals surface area contributed by atoms with Crippen LogP contribution in [0.25, 0.3) is 0 Å². The normalized spacial score (nSPS) is 62.8. The van der Waals surface area contributed by atoms with E-state index in [0.29, 0.717) is 5.41 Å². The molecule has 0 nitrogen and oxygen atoms in total. The summed E-state index contributed by atoms with van der Waals surface area (Å²) in [6.07, 6.45) is 7.78. The molecule has 19 heavy (non-hydrogen) atoms. The van der Waals surface area contributed by atoms with Crippen molar-refractivity contribution in [3.8, 4) is 0 Å². The van der Waals surface area contributed by atoms with Gasteiger partial charge in [0.05, 0.1) is 0 Å². The van der Waals surface area contributed by atoms with Gasteiger partial charge in [-0.25, -0.2) is 0 Å². The van der Waals surface area contributed by atoms with Crippen LogP contribution in [0.15, 0.2) is 0 Å². The second-order valence-electron chi connectivity index (χ2n) is 9.54. The second-order valence-corrected chi connectivity index (χ2v) is 9.54. The molecule has 0 aliphatic heterocycles. The minimum Gasteiger partial charge on any atom is -0.0625 e. The van der Waals surface area contributed by atoms with Gasteiger partial charge in [0, 0.05) is 0 Å². The molecule has 4 fully saturated rings. The van der Waals surface area contributed by atoms with E-state index in [-0.39, 0.29) is 0 Å². The summed E-state index contributed by atoms with van der Waals surface area (Å²) in [6, 6.07) is 0. The molecule has 4 aliphatic rings. The highest BCUT2D eigenvalue weighted by molar-refractivity contribution is 5.17. The summed E-state index contributed by atoms with van der Waals surface area (Å²) in [5.41, 5.74) is 1.45. The Morgan fingerprint density at radius 2 is 1.63 bits per heavy atom. The Morgan fingerprint density at radius 1 is 0.895 bits per heavy atom. The van der Waals surface area contributed by atoms with Crippen LogP contribution in [-0.4, -0.2) is 0 Å². The van der Waals surface area contributed by atoms with Gasteiger partial charge in [0.15, 0.2) is 0 Å². The van der Waals surface area contributed by atoms with Crippen molar-refractivity contribution in [1.82, 2.24) is 0 Å². The molecule has 108 valence electrons. The number of fused-ring (bicyclic) bond motifs is 5. The van der Waals surface area contributed by atoms with Crippen LogP contribution in [-0.2, 0) is 0 Å². The predicted octanol–water partition coefficient (Wildman–Crippen LogP) is 5.38. The summed E-state index contributed by atoms with van der Waals surface area (Å²) < 4.78 is 0. The zero-order chi connectivity index (χ0) is 13.6. The largest absolute Gasteiger partial charge is 0.0625 e. The summed E-state index contributed by atoms with van der Waals surface area (Å²) in [5.74, 6) is 7.31. The first-order chi connectivity index (χ1) is 8.88. The number of hydrogen-bond donors (Lipinski definition) is 0. The Hall–Kier alpha value is 0. The van der Waals surface area contributed by atoms with Gasteiger partial charge in [0.1, 0.15) is 0 Å². The van der Waals surface area contributed by atoms with Crippen LogP contribution in [0.4, 0.5) is 0 Å². The van der Waals surface area contributed by atoms with E-state index in [9.17, 15) is 0 Å². The zero-order valence-electron chi connectivity index (χ0n) is 13.6. The van der Waals surface area contributed by atoms with Crippen molar-refractivity contribution < 1.29 is 0 Å². The quantitative estimate of drug-likeness (QED) is 0.594. The lowest BCUT2D eigenvalue weighted by molar-refractivity contribution is -0.0335. The van der Waals surface area contributed by atoms with E-state index in [0.717, 1.165) is 46.8 Å². The summed E-state index contributed by atoms with van der Waals surface area (Å²) in [4.78, 5) is 0. The lowest BCUT2D eigenvalue weighted by Gasteiger charge is -2.52. The molecule has 0 aromatic rings. The molecule has 0 aromatic heterocycles. The van der Waals surface area contributed by atoms with Gasteiger partial charge in [-0.2, -0.15) is 0 Å². The van der Waals surface area contributed by atoms with Crippen LogP contribution in [0.5, 0.6) is 0 Å².